The summed E-state index contributed by atoms with van der Waals surface area (Å²) in [5.41, 5.74) is 5.36. The average Bonchev–Trinajstić information content (AvgIpc) is 3.61. The molecule has 83 heavy (non-hydrogen) atoms. The molecule has 0 spiro atoms. The zero-order valence-electron chi connectivity index (χ0n) is 51.6. The van der Waals surface area contributed by atoms with Gasteiger partial charge < -0.3 is 44.1 Å². The number of hydrogen-bond acceptors (Lipinski definition) is 11. The van der Waals surface area contributed by atoms with Crippen molar-refractivity contribution < 1.29 is 56.9 Å². The first-order valence-electron chi connectivity index (χ1n) is 28.8. The number of amides is 3. The molecule has 0 fully saturated rings. The number of nitrogens with one attached hydrogen (secondary N) is 3. The van der Waals surface area contributed by atoms with Crippen LogP contribution in [0.15, 0.2) is 152 Å². The number of carbonyl (C=O) groups is 6. The molecule has 0 aliphatic carbocycles. The van der Waals surface area contributed by atoms with Gasteiger partial charge in [-0.05, 0) is 81.8 Å². The minimum atomic E-state index is -2.42. The Labute approximate surface area is 496 Å². The van der Waals surface area contributed by atoms with E-state index in [1.165, 1.54) is 0 Å². The second-order valence-corrected chi connectivity index (χ2v) is 34.4. The van der Waals surface area contributed by atoms with Crippen LogP contribution in [0.25, 0.3) is 0 Å². The molecular weight excluding hydrogens is 1080 g/mol. The van der Waals surface area contributed by atoms with Crippen molar-refractivity contribution in [1.29, 1.82) is 0 Å². The lowest BCUT2D eigenvalue weighted by molar-refractivity contribution is -0.148. The van der Waals surface area contributed by atoms with Crippen LogP contribution in [0, 0.1) is 0 Å². The van der Waals surface area contributed by atoms with Crippen LogP contribution in [0.1, 0.15) is 132 Å². The fourth-order valence-electron chi connectivity index (χ4n) is 10.6. The van der Waals surface area contributed by atoms with Crippen molar-refractivity contribution in [2.24, 2.45) is 0 Å². The third kappa shape index (κ3) is 23.5. The number of carboxylic acid groups (broad SMARTS) is 1. The molecule has 0 aliphatic heterocycles. The van der Waals surface area contributed by atoms with Gasteiger partial charge in [0.1, 0.15) is 36.9 Å². The van der Waals surface area contributed by atoms with E-state index in [0.717, 1.165) is 27.8 Å². The van der Waals surface area contributed by atoms with E-state index in [1.54, 1.807) is 20.8 Å². The summed E-state index contributed by atoms with van der Waals surface area (Å²) in [6.07, 6.45) is -0.909. The summed E-state index contributed by atoms with van der Waals surface area (Å²) in [6, 6.07) is 44.6. The Morgan fingerprint density at radius 3 is 0.880 bits per heavy atom. The molecule has 4 N–H and O–H groups in total. The lowest BCUT2D eigenvalue weighted by Crippen LogP contribution is -2.53. The van der Waals surface area contributed by atoms with Gasteiger partial charge in [-0.3, -0.25) is 0 Å². The average molecular weight is 1180 g/mol. The summed E-state index contributed by atoms with van der Waals surface area (Å²) in [4.78, 5) is 74.7. The van der Waals surface area contributed by atoms with Crippen LogP contribution in [0.3, 0.4) is 0 Å². The number of aliphatic carboxylic acids is 1. The highest BCUT2D eigenvalue weighted by Crippen LogP contribution is 2.43. The summed E-state index contributed by atoms with van der Waals surface area (Å²) in [6.45, 7) is 30.8. The standard InChI is InChI=1S/C26H37NO4Si.C21H25NO4.C19H31NO4Si/c1-19(2)32(20(3)4,21(5)6)31-26(29)27-24(17-22-13-9-7-10-14-22)25(28)30-18-23-15-11-8-12-16-23;1-21(2,3)26-20(24)22-18(14-16-10-6-4-7-11-16)19(23)25-15-17-12-8-5-9-13-17;1-13(2)25(14(3)4,15(5)6)24-19(23)20-17(18(21)22)12-16-10-8-7-9-11-16/h7-16,19-21,24H,17-18H2,1-6H3,(H,27,29);4-13,18H,14-15H2,1-3H3,(H,22,24);7-11,13-15,17H,12H2,1-6H3,(H,20,23)(H,21,22)/t24-;18-;17-/m000/s1. The Kier molecular flexibility index (Phi) is 29.0. The molecule has 5 aromatic carbocycles. The van der Waals surface area contributed by atoms with E-state index in [4.69, 9.17) is 23.1 Å². The van der Waals surface area contributed by atoms with Crippen molar-refractivity contribution in [2.75, 3.05) is 0 Å². The van der Waals surface area contributed by atoms with Gasteiger partial charge in [0.15, 0.2) is 0 Å². The van der Waals surface area contributed by atoms with Gasteiger partial charge in [-0.2, -0.15) is 0 Å². The monoisotopic (exact) mass is 1180 g/mol. The summed E-state index contributed by atoms with van der Waals surface area (Å²) < 4.78 is 28.3. The van der Waals surface area contributed by atoms with E-state index in [-0.39, 0.29) is 52.9 Å². The Morgan fingerprint density at radius 2 is 0.627 bits per heavy atom. The Morgan fingerprint density at radius 1 is 0.386 bits per heavy atom. The minimum Gasteiger partial charge on any atom is -0.503 e. The van der Waals surface area contributed by atoms with Gasteiger partial charge in [0.25, 0.3) is 16.6 Å². The number of benzene rings is 5. The van der Waals surface area contributed by atoms with E-state index < -0.39 is 76.5 Å². The first-order chi connectivity index (χ1) is 39.1. The lowest BCUT2D eigenvalue weighted by Gasteiger charge is -2.41. The number of esters is 2. The molecule has 0 aromatic heterocycles. The molecule has 15 nitrogen and oxygen atoms in total. The van der Waals surface area contributed by atoms with Crippen molar-refractivity contribution in [3.05, 3.63) is 179 Å². The molecule has 5 rings (SSSR count). The van der Waals surface area contributed by atoms with Crippen LogP contribution in [0.4, 0.5) is 14.4 Å². The highest BCUT2D eigenvalue weighted by Gasteiger charge is 2.50. The zero-order chi connectivity index (χ0) is 61.9. The second kappa shape index (κ2) is 34.4. The predicted molar refractivity (Wildman–Crippen MR) is 333 cm³/mol. The van der Waals surface area contributed by atoms with E-state index >= 15 is 0 Å². The topological polar surface area (TPSA) is 205 Å². The van der Waals surface area contributed by atoms with E-state index in [1.807, 2.05) is 152 Å². The fourth-order valence-corrected chi connectivity index (χ4v) is 20.8. The van der Waals surface area contributed by atoms with Crippen LogP contribution < -0.4 is 16.0 Å². The molecule has 0 heterocycles. The normalized spacial score (nSPS) is 12.6. The predicted octanol–water partition coefficient (Wildman–Crippen LogP) is 14.7. The fraction of sp³-hybridized carbons (Fsp3) is 0.455. The third-order valence-corrected chi connectivity index (χ3v) is 26.3. The van der Waals surface area contributed by atoms with Crippen molar-refractivity contribution >= 4 is 52.8 Å². The van der Waals surface area contributed by atoms with Gasteiger partial charge in [-0.1, -0.05) is 235 Å². The minimum absolute atomic E-state index is 0.154. The van der Waals surface area contributed by atoms with E-state index in [9.17, 15) is 33.9 Å². The van der Waals surface area contributed by atoms with Crippen LogP contribution in [0.5, 0.6) is 0 Å². The molecule has 3 atom stereocenters. The Hall–Kier alpha value is -7.25. The second-order valence-electron chi connectivity index (χ2n) is 23.6. The van der Waals surface area contributed by atoms with Gasteiger partial charge in [0.2, 0.25) is 0 Å². The maximum Gasteiger partial charge on any atom is 0.408 e. The van der Waals surface area contributed by atoms with Crippen LogP contribution in [-0.2, 0) is 69.9 Å². The van der Waals surface area contributed by atoms with Crippen LogP contribution in [-0.4, -0.2) is 81.7 Å². The number of alkyl carbamates (subject to hydrolysis) is 1. The number of hydrogen-bond donors (Lipinski definition) is 4. The van der Waals surface area contributed by atoms with Gasteiger partial charge in [0, 0.05) is 19.3 Å². The van der Waals surface area contributed by atoms with Crippen molar-refractivity contribution in [3.8, 4) is 0 Å². The van der Waals surface area contributed by atoms with Crippen molar-refractivity contribution in [2.45, 2.75) is 193 Å². The summed E-state index contributed by atoms with van der Waals surface area (Å²) in [7, 11) is -4.81. The largest absolute Gasteiger partial charge is 0.503 e. The summed E-state index contributed by atoms with van der Waals surface area (Å²) >= 11 is 0. The molecule has 0 saturated carbocycles. The highest BCUT2D eigenvalue weighted by atomic mass is 28.4. The van der Waals surface area contributed by atoms with Gasteiger partial charge >= 0.3 is 36.2 Å². The SMILES string of the molecule is CC(C)(C)OC(=O)N[C@@H](Cc1ccccc1)C(=O)OCc1ccccc1.CC(C)[Si](OC(=O)N[C@@H](Cc1ccccc1)C(=O)O)(C(C)C)C(C)C.CC(C)[Si](OC(=O)N[C@@H](Cc1ccccc1)C(=O)OCc1ccccc1)(C(C)C)C(C)C. The Balaban J connectivity index is 0.000000330. The molecule has 0 bridgehead atoms. The zero-order valence-corrected chi connectivity index (χ0v) is 53.6. The number of carbonyl (C=O) groups excluding carboxylic acids is 5. The van der Waals surface area contributed by atoms with Gasteiger partial charge in [-0.15, -0.1) is 0 Å². The summed E-state index contributed by atoms with van der Waals surface area (Å²) in [5, 5.41) is 17.5. The highest BCUT2D eigenvalue weighted by molar-refractivity contribution is 6.79. The Bertz CT molecular complexity index is 2680. The lowest BCUT2D eigenvalue weighted by atomic mass is 10.1. The molecule has 3 amide bonds. The van der Waals surface area contributed by atoms with Crippen molar-refractivity contribution in [3.63, 3.8) is 0 Å². The van der Waals surface area contributed by atoms with Crippen molar-refractivity contribution in [1.82, 2.24) is 16.0 Å². The number of carboxylic acids is 1. The summed E-state index contributed by atoms with van der Waals surface area (Å²) in [5.74, 6) is -2.03. The van der Waals surface area contributed by atoms with E-state index in [0.29, 0.717) is 12.8 Å². The quantitative estimate of drug-likeness (QED) is 0.0259. The first-order valence-corrected chi connectivity index (χ1v) is 33.1. The molecule has 452 valence electrons. The van der Waals surface area contributed by atoms with Gasteiger partial charge in [-0.25, -0.2) is 28.8 Å². The number of rotatable bonds is 24. The maximum absolute atomic E-state index is 13.0. The molecule has 0 radical (unpaired) electrons. The molecule has 0 saturated heterocycles. The molecule has 0 unspecified atom stereocenters. The van der Waals surface area contributed by atoms with E-state index in [2.05, 4.69) is 99.0 Å². The molecule has 0 aliphatic rings. The van der Waals surface area contributed by atoms with Crippen LogP contribution >= 0.6 is 0 Å². The smallest absolute Gasteiger partial charge is 0.408 e. The van der Waals surface area contributed by atoms with Crippen LogP contribution in [0.2, 0.25) is 33.2 Å². The number of ether oxygens (including phenoxy) is 3. The molecule has 17 heteroatoms. The maximum atomic E-state index is 13.0. The molecular formula is C66H93N3O12Si2. The third-order valence-electron chi connectivity index (χ3n) is 14.4. The first kappa shape index (κ1) is 70.0. The molecule has 5 aromatic rings. The van der Waals surface area contributed by atoms with Gasteiger partial charge in [0.05, 0.1) is 0 Å².